The third-order valence-corrected chi connectivity index (χ3v) is 4.39. The maximum absolute atomic E-state index is 9.68. The van der Waals surface area contributed by atoms with E-state index in [1.165, 1.54) is 25.7 Å². The second-order valence-electron chi connectivity index (χ2n) is 5.88. The summed E-state index contributed by atoms with van der Waals surface area (Å²) in [7, 11) is 0. The minimum absolute atomic E-state index is 0.280. The normalized spacial score (nSPS) is 25.4. The van der Waals surface area contributed by atoms with Crippen LogP contribution in [0, 0.1) is 12.3 Å². The predicted octanol–water partition coefficient (Wildman–Crippen LogP) is 3.41. The van der Waals surface area contributed by atoms with Crippen LogP contribution < -0.4 is 0 Å². The first-order chi connectivity index (χ1) is 8.54. The molecule has 2 aliphatic rings. The molecule has 0 unspecified atom stereocenters. The van der Waals surface area contributed by atoms with Gasteiger partial charge in [-0.2, -0.15) is 0 Å². The molecule has 0 radical (unpaired) electrons. The molecule has 0 heterocycles. The lowest BCUT2D eigenvalue weighted by atomic mass is 9.83. The van der Waals surface area contributed by atoms with E-state index in [0.29, 0.717) is 0 Å². The molecule has 0 spiro atoms. The smallest absolute Gasteiger partial charge is 0.125 e. The average molecular weight is 252 g/mol. The highest BCUT2D eigenvalue weighted by Crippen LogP contribution is 2.30. The van der Waals surface area contributed by atoms with Crippen LogP contribution in [0.4, 0.5) is 0 Å². The van der Waals surface area contributed by atoms with E-state index in [2.05, 4.69) is 12.8 Å². The molecule has 0 atom stereocenters. The fraction of sp³-hybridized carbons (Fsp3) is 0.875. The van der Waals surface area contributed by atoms with Crippen LogP contribution in [-0.4, -0.2) is 21.4 Å². The summed E-state index contributed by atoms with van der Waals surface area (Å²) < 4.78 is 0. The van der Waals surface area contributed by atoms with Crippen molar-refractivity contribution in [1.29, 1.82) is 0 Å². The van der Waals surface area contributed by atoms with Crippen LogP contribution in [0.1, 0.15) is 77.6 Å². The van der Waals surface area contributed by atoms with E-state index >= 15 is 0 Å². The van der Waals surface area contributed by atoms with Gasteiger partial charge in [0.25, 0.3) is 0 Å². The first-order valence-corrected chi connectivity index (χ1v) is 7.46. The molecule has 2 saturated carbocycles. The number of aliphatic hydroxyl groups is 2. The second-order valence-corrected chi connectivity index (χ2v) is 5.88. The third-order valence-electron chi connectivity index (χ3n) is 4.39. The van der Waals surface area contributed by atoms with E-state index < -0.39 is 5.60 Å². The summed E-state index contributed by atoms with van der Waals surface area (Å²) in [5.74, 6) is 2.44. The molecule has 0 aromatic carbocycles. The molecule has 2 rings (SSSR count). The van der Waals surface area contributed by atoms with E-state index in [0.717, 1.165) is 44.9 Å². The summed E-state index contributed by atoms with van der Waals surface area (Å²) in [6, 6.07) is 0. The van der Waals surface area contributed by atoms with E-state index in [1.54, 1.807) is 0 Å². The van der Waals surface area contributed by atoms with Crippen LogP contribution in [0.2, 0.25) is 0 Å². The molecule has 2 N–H and O–H groups in total. The number of hydrogen-bond donors (Lipinski definition) is 2. The lowest BCUT2D eigenvalue weighted by Gasteiger charge is -2.30. The van der Waals surface area contributed by atoms with E-state index in [9.17, 15) is 10.2 Å². The van der Waals surface area contributed by atoms with Gasteiger partial charge >= 0.3 is 0 Å². The van der Waals surface area contributed by atoms with Gasteiger partial charge in [-0.1, -0.05) is 38.5 Å². The van der Waals surface area contributed by atoms with Gasteiger partial charge in [0.2, 0.25) is 0 Å². The molecule has 104 valence electrons. The summed E-state index contributed by atoms with van der Waals surface area (Å²) >= 11 is 0. The van der Waals surface area contributed by atoms with Crippen molar-refractivity contribution >= 4 is 0 Å². The van der Waals surface area contributed by atoms with Crippen molar-refractivity contribution in [3.05, 3.63) is 0 Å². The van der Waals surface area contributed by atoms with Crippen molar-refractivity contribution < 1.29 is 10.2 Å². The maximum Gasteiger partial charge on any atom is 0.125 e. The van der Waals surface area contributed by atoms with Crippen LogP contribution in [0.5, 0.6) is 0 Å². The SMILES string of the molecule is C#CC1(O)CCCCC1.CCC1(O)CCCCC1. The van der Waals surface area contributed by atoms with Gasteiger partial charge in [0.05, 0.1) is 5.60 Å². The molecule has 0 aromatic heterocycles. The Balaban J connectivity index is 0.000000180. The molecule has 2 aliphatic carbocycles. The zero-order chi connectivity index (χ0) is 13.5. The van der Waals surface area contributed by atoms with Crippen LogP contribution in [0.15, 0.2) is 0 Å². The van der Waals surface area contributed by atoms with Crippen molar-refractivity contribution in [2.45, 2.75) is 88.8 Å². The predicted molar refractivity (Wildman–Crippen MR) is 75.2 cm³/mol. The molecule has 0 aliphatic heterocycles. The molecule has 2 nitrogen and oxygen atoms in total. The molecule has 0 amide bonds. The zero-order valence-electron chi connectivity index (χ0n) is 11.7. The van der Waals surface area contributed by atoms with Gasteiger partial charge in [0.1, 0.15) is 5.60 Å². The Morgan fingerprint density at radius 2 is 1.33 bits per heavy atom. The second kappa shape index (κ2) is 7.16. The molecule has 0 saturated heterocycles. The van der Waals surface area contributed by atoms with Gasteiger partial charge in [0.15, 0.2) is 0 Å². The van der Waals surface area contributed by atoms with Crippen LogP contribution >= 0.6 is 0 Å². The highest BCUT2D eigenvalue weighted by Gasteiger charge is 2.26. The van der Waals surface area contributed by atoms with Gasteiger partial charge in [-0.3, -0.25) is 0 Å². The summed E-state index contributed by atoms with van der Waals surface area (Å²) in [6.07, 6.45) is 16.9. The fourth-order valence-corrected chi connectivity index (χ4v) is 2.84. The Labute approximate surface area is 112 Å². The summed E-state index contributed by atoms with van der Waals surface area (Å²) in [4.78, 5) is 0. The first-order valence-electron chi connectivity index (χ1n) is 7.46. The van der Waals surface area contributed by atoms with Crippen molar-refractivity contribution in [2.75, 3.05) is 0 Å². The van der Waals surface area contributed by atoms with E-state index in [-0.39, 0.29) is 5.60 Å². The van der Waals surface area contributed by atoms with Crippen LogP contribution in [0.25, 0.3) is 0 Å². The highest BCUT2D eigenvalue weighted by molar-refractivity contribution is 5.07. The Bertz CT molecular complexity index is 265. The molecule has 0 aromatic rings. The lowest BCUT2D eigenvalue weighted by Crippen LogP contribution is -2.29. The van der Waals surface area contributed by atoms with Gasteiger partial charge < -0.3 is 10.2 Å². The maximum atomic E-state index is 9.68. The van der Waals surface area contributed by atoms with Crippen molar-refractivity contribution in [2.24, 2.45) is 0 Å². The minimum Gasteiger partial charge on any atom is -0.390 e. The first kappa shape index (κ1) is 15.5. The summed E-state index contributed by atoms with van der Waals surface area (Å²) in [5.41, 5.74) is -1.03. The molecule has 18 heavy (non-hydrogen) atoms. The van der Waals surface area contributed by atoms with Gasteiger partial charge in [-0.05, 0) is 44.9 Å². The van der Waals surface area contributed by atoms with Crippen molar-refractivity contribution in [3.63, 3.8) is 0 Å². The topological polar surface area (TPSA) is 40.5 Å². The van der Waals surface area contributed by atoms with E-state index in [1.807, 2.05) is 0 Å². The molecule has 2 heteroatoms. The summed E-state index contributed by atoms with van der Waals surface area (Å²) in [6.45, 7) is 2.07. The van der Waals surface area contributed by atoms with Gasteiger partial charge in [-0.25, -0.2) is 0 Å². The standard InChI is InChI=1S/C8H16O.C8H12O/c2*1-2-8(9)6-4-3-5-7-8/h9H,2-7H2,1H3;1,9H,3-7H2. The third kappa shape index (κ3) is 5.00. The fourth-order valence-electron chi connectivity index (χ4n) is 2.84. The molecule has 2 fully saturated rings. The Morgan fingerprint density at radius 1 is 0.889 bits per heavy atom. The minimum atomic E-state index is -0.752. The largest absolute Gasteiger partial charge is 0.390 e. The van der Waals surface area contributed by atoms with Gasteiger partial charge in [0, 0.05) is 0 Å². The molecular weight excluding hydrogens is 224 g/mol. The van der Waals surface area contributed by atoms with Crippen molar-refractivity contribution in [1.82, 2.24) is 0 Å². The number of hydrogen-bond acceptors (Lipinski definition) is 2. The van der Waals surface area contributed by atoms with Crippen LogP contribution in [0.3, 0.4) is 0 Å². The van der Waals surface area contributed by atoms with Crippen molar-refractivity contribution in [3.8, 4) is 12.3 Å². The van der Waals surface area contributed by atoms with E-state index in [4.69, 9.17) is 6.42 Å². The Hall–Kier alpha value is -0.520. The zero-order valence-corrected chi connectivity index (χ0v) is 11.7. The monoisotopic (exact) mass is 252 g/mol. The average Bonchev–Trinajstić information content (AvgIpc) is 2.41. The molecular formula is C16H28O2. The lowest BCUT2D eigenvalue weighted by molar-refractivity contribution is 0.000670. The highest BCUT2D eigenvalue weighted by atomic mass is 16.3. The number of terminal acetylenes is 1. The van der Waals surface area contributed by atoms with Gasteiger partial charge in [-0.15, -0.1) is 6.42 Å². The Kier molecular flexibility index (Phi) is 6.18. The quantitative estimate of drug-likeness (QED) is 0.702. The summed E-state index contributed by atoms with van der Waals surface area (Å²) in [5, 5.41) is 19.1. The van der Waals surface area contributed by atoms with Crippen LogP contribution in [-0.2, 0) is 0 Å². The Morgan fingerprint density at radius 3 is 1.61 bits per heavy atom. The number of rotatable bonds is 1. The molecule has 0 bridgehead atoms.